The van der Waals surface area contributed by atoms with E-state index < -0.39 is 30.2 Å². The minimum atomic E-state index is -0.494. The van der Waals surface area contributed by atoms with Crippen LogP contribution in [-0.2, 0) is 0 Å². The Balaban J connectivity index is 1.22. The van der Waals surface area contributed by atoms with Gasteiger partial charge in [0.05, 0.1) is 12.3 Å². The molecule has 0 N–H and O–H groups in total. The van der Waals surface area contributed by atoms with Crippen molar-refractivity contribution in [1.82, 2.24) is 0 Å². The Morgan fingerprint density at radius 3 is 1.94 bits per heavy atom. The molecule has 0 bridgehead atoms. The lowest BCUT2D eigenvalue weighted by atomic mass is 9.86. The maximum absolute atomic E-state index is 9.41. The van der Waals surface area contributed by atoms with Crippen molar-refractivity contribution in [2.45, 2.75) is 0 Å². The van der Waals surface area contributed by atoms with E-state index >= 15 is 0 Å². The monoisotopic (exact) mass is 603 g/mol. The number of benzene rings is 10. The molecule has 0 fully saturated rings. The molecule has 11 rings (SSSR count). The standard InChI is InChI=1S/C46H26O/c1-4-12-35-30(7-1)23-33(36-20-17-29-16-15-27-9-5-10-28-18-21-39(36)45(29)44(27)28)25-40(35)32-19-22-42-41(24-32)38-14-6-13-37-34-11-3-2-8-31(34)26-43(47-42)46(37)38/h1-26H/i5D,9D,10D,15D,16D,17D,18D,20D,21D. The van der Waals surface area contributed by atoms with Gasteiger partial charge in [-0.15, -0.1) is 0 Å². The fraction of sp³-hybridized carbons (Fsp3) is 0. The van der Waals surface area contributed by atoms with Gasteiger partial charge in [-0.1, -0.05) is 127 Å². The van der Waals surface area contributed by atoms with Crippen molar-refractivity contribution in [3.8, 4) is 44.9 Å². The van der Waals surface area contributed by atoms with Gasteiger partial charge in [0, 0.05) is 10.9 Å². The maximum atomic E-state index is 9.41. The average Bonchev–Trinajstić information content (AvgIpc) is 3.21. The molecule has 10 aromatic rings. The van der Waals surface area contributed by atoms with Gasteiger partial charge in [0.1, 0.15) is 11.5 Å². The molecule has 0 radical (unpaired) electrons. The molecule has 0 amide bonds. The highest BCUT2D eigenvalue weighted by Gasteiger charge is 2.23. The van der Waals surface area contributed by atoms with Gasteiger partial charge >= 0.3 is 0 Å². The van der Waals surface area contributed by atoms with Gasteiger partial charge in [0.2, 0.25) is 0 Å². The number of hydrogen-bond donors (Lipinski definition) is 0. The van der Waals surface area contributed by atoms with Gasteiger partial charge < -0.3 is 4.74 Å². The summed E-state index contributed by atoms with van der Waals surface area (Å²) >= 11 is 0. The van der Waals surface area contributed by atoms with E-state index in [2.05, 4.69) is 42.5 Å². The van der Waals surface area contributed by atoms with Crippen LogP contribution in [0.3, 0.4) is 0 Å². The van der Waals surface area contributed by atoms with Crippen molar-refractivity contribution in [3.63, 3.8) is 0 Å². The van der Waals surface area contributed by atoms with E-state index in [4.69, 9.17) is 13.0 Å². The third-order valence-corrected chi connectivity index (χ3v) is 9.61. The van der Waals surface area contributed by atoms with Crippen LogP contribution in [0, 0.1) is 0 Å². The van der Waals surface area contributed by atoms with Crippen LogP contribution in [0.2, 0.25) is 0 Å². The lowest BCUT2D eigenvalue weighted by Crippen LogP contribution is -1.98. The lowest BCUT2D eigenvalue weighted by Gasteiger charge is -2.23. The van der Waals surface area contributed by atoms with Crippen LogP contribution < -0.4 is 4.74 Å². The first-order chi connectivity index (χ1) is 27.0. The van der Waals surface area contributed by atoms with Gasteiger partial charge in [-0.05, 0) is 117 Å². The smallest absolute Gasteiger partial charge is 0.136 e. The van der Waals surface area contributed by atoms with Crippen molar-refractivity contribution >= 4 is 64.6 Å². The van der Waals surface area contributed by atoms with E-state index in [-0.39, 0.29) is 62.1 Å². The molecule has 1 aliphatic heterocycles. The zero-order valence-corrected chi connectivity index (χ0v) is 24.7. The summed E-state index contributed by atoms with van der Waals surface area (Å²) in [6, 6.07) is 31.1. The minimum Gasteiger partial charge on any atom is -0.456 e. The number of ether oxygens (including phenoxy) is 1. The van der Waals surface area contributed by atoms with E-state index in [0.717, 1.165) is 66.1 Å². The highest BCUT2D eigenvalue weighted by atomic mass is 16.5. The number of rotatable bonds is 2. The molecule has 1 heterocycles. The van der Waals surface area contributed by atoms with Crippen molar-refractivity contribution in [2.75, 3.05) is 0 Å². The maximum Gasteiger partial charge on any atom is 0.136 e. The highest BCUT2D eigenvalue weighted by molar-refractivity contribution is 6.25. The Bertz CT molecular complexity index is 3420. The molecule has 0 aliphatic carbocycles. The zero-order chi connectivity index (χ0) is 38.5. The van der Waals surface area contributed by atoms with Crippen LogP contribution in [0.5, 0.6) is 11.5 Å². The second-order valence-corrected chi connectivity index (χ2v) is 12.1. The number of hydrogen-bond acceptors (Lipinski definition) is 1. The first-order valence-electron chi connectivity index (χ1n) is 20.0. The predicted octanol–water partition coefficient (Wildman–Crippen LogP) is 13.2. The Labute approximate surface area is 283 Å². The van der Waals surface area contributed by atoms with Crippen LogP contribution in [0.25, 0.3) is 98.0 Å². The molecule has 0 spiro atoms. The van der Waals surface area contributed by atoms with Crippen molar-refractivity contribution < 1.29 is 17.1 Å². The Kier molecular flexibility index (Phi) is 3.54. The van der Waals surface area contributed by atoms with E-state index in [0.29, 0.717) is 5.56 Å². The third kappa shape index (κ3) is 3.49. The molecule has 0 saturated carbocycles. The van der Waals surface area contributed by atoms with Crippen LogP contribution in [0.15, 0.2) is 158 Å². The minimum absolute atomic E-state index is 0.0424. The van der Waals surface area contributed by atoms with Crippen molar-refractivity contribution in [1.29, 1.82) is 0 Å². The zero-order valence-electron chi connectivity index (χ0n) is 33.7. The Morgan fingerprint density at radius 1 is 0.362 bits per heavy atom. The van der Waals surface area contributed by atoms with E-state index in [1.54, 1.807) is 0 Å². The van der Waals surface area contributed by atoms with Crippen LogP contribution in [0.1, 0.15) is 12.3 Å². The van der Waals surface area contributed by atoms with E-state index in [1.807, 2.05) is 60.7 Å². The molecule has 10 aromatic carbocycles. The molecule has 0 atom stereocenters. The fourth-order valence-corrected chi connectivity index (χ4v) is 7.52. The highest BCUT2D eigenvalue weighted by Crippen LogP contribution is 2.50. The van der Waals surface area contributed by atoms with Gasteiger partial charge in [-0.2, -0.15) is 0 Å². The summed E-state index contributed by atoms with van der Waals surface area (Å²) in [5, 5.41) is 6.44. The molecule has 0 unspecified atom stereocenters. The van der Waals surface area contributed by atoms with Crippen LogP contribution >= 0.6 is 0 Å². The molecule has 1 heteroatoms. The Morgan fingerprint density at radius 2 is 1.06 bits per heavy atom. The normalized spacial score (nSPS) is 15.1. The van der Waals surface area contributed by atoms with Crippen LogP contribution in [0.4, 0.5) is 0 Å². The van der Waals surface area contributed by atoms with E-state index in [1.165, 1.54) is 0 Å². The fourth-order valence-electron chi connectivity index (χ4n) is 7.52. The number of fused-ring (bicyclic) bond motifs is 5. The van der Waals surface area contributed by atoms with E-state index in [9.17, 15) is 4.11 Å². The van der Waals surface area contributed by atoms with Gasteiger partial charge in [0.25, 0.3) is 0 Å². The van der Waals surface area contributed by atoms with Crippen molar-refractivity contribution in [3.05, 3.63) is 158 Å². The molecular formula is C46H26O. The average molecular weight is 604 g/mol. The summed E-state index contributed by atoms with van der Waals surface area (Å²) in [5.41, 5.74) is 4.42. The molecule has 1 aliphatic rings. The third-order valence-electron chi connectivity index (χ3n) is 9.61. The summed E-state index contributed by atoms with van der Waals surface area (Å²) in [4.78, 5) is 0. The second kappa shape index (κ2) is 9.19. The summed E-state index contributed by atoms with van der Waals surface area (Å²) in [5.74, 6) is 1.52. The molecule has 0 saturated heterocycles. The molecule has 0 aromatic heterocycles. The summed E-state index contributed by atoms with van der Waals surface area (Å²) in [7, 11) is 0. The van der Waals surface area contributed by atoms with Gasteiger partial charge in [-0.3, -0.25) is 0 Å². The molecule has 1 nitrogen and oxygen atoms in total. The summed E-state index contributed by atoms with van der Waals surface area (Å²) in [6.45, 7) is 0. The Hall–Kier alpha value is -6.18. The quantitative estimate of drug-likeness (QED) is 0.179. The summed E-state index contributed by atoms with van der Waals surface area (Å²) < 4.78 is 87.4. The molecule has 47 heavy (non-hydrogen) atoms. The van der Waals surface area contributed by atoms with Crippen molar-refractivity contribution in [2.24, 2.45) is 0 Å². The largest absolute Gasteiger partial charge is 0.456 e. The predicted molar refractivity (Wildman–Crippen MR) is 199 cm³/mol. The first kappa shape index (κ1) is 18.1. The molecular weight excluding hydrogens is 569 g/mol. The van der Waals surface area contributed by atoms with Gasteiger partial charge in [-0.25, -0.2) is 0 Å². The SMILES string of the molecule is [2H]c1c([2H])c2c([2H])c([2H])c3c([2H])c([2H])c(-c4cc(-c5ccc6c(c5)-c5cccc7c5c(cc5ccccc57)O6)c5ccccc5c4)c4c([2H])c([2H])c(c1[2H])c2c34. The summed E-state index contributed by atoms with van der Waals surface area (Å²) in [6.07, 6.45) is 0. The second-order valence-electron chi connectivity index (χ2n) is 12.1. The topological polar surface area (TPSA) is 9.23 Å². The van der Waals surface area contributed by atoms with Crippen LogP contribution in [-0.4, -0.2) is 0 Å². The first-order valence-corrected chi connectivity index (χ1v) is 15.5. The van der Waals surface area contributed by atoms with Gasteiger partial charge in [0.15, 0.2) is 0 Å². The lowest BCUT2D eigenvalue weighted by molar-refractivity contribution is 0.488. The molecule has 216 valence electrons.